The molecule has 2 heterocycles. The fourth-order valence-corrected chi connectivity index (χ4v) is 1.87. The fraction of sp³-hybridized carbons (Fsp3) is 0.143. The summed E-state index contributed by atoms with van der Waals surface area (Å²) in [6.45, 7) is 2.05. The van der Waals surface area contributed by atoms with Gasteiger partial charge in [-0.1, -0.05) is 12.1 Å². The highest BCUT2D eigenvalue weighted by molar-refractivity contribution is 5.74. The summed E-state index contributed by atoms with van der Waals surface area (Å²) in [4.78, 5) is 8.44. The van der Waals surface area contributed by atoms with Crippen molar-refractivity contribution in [1.82, 2.24) is 20.2 Å². The van der Waals surface area contributed by atoms with Gasteiger partial charge in [-0.25, -0.2) is 4.98 Å². The molecule has 0 bridgehead atoms. The molecule has 0 saturated carbocycles. The van der Waals surface area contributed by atoms with Crippen molar-refractivity contribution in [2.45, 2.75) is 13.0 Å². The summed E-state index contributed by atoms with van der Waals surface area (Å²) in [5, 5.41) is 11.5. The Balaban J connectivity index is 1.85. The predicted molar refractivity (Wildman–Crippen MR) is 73.6 cm³/mol. The van der Waals surface area contributed by atoms with Gasteiger partial charge in [0.1, 0.15) is 5.52 Å². The maximum Gasteiger partial charge on any atom is 0.243 e. The van der Waals surface area contributed by atoms with Crippen molar-refractivity contribution in [2.24, 2.45) is 0 Å². The Morgan fingerprint density at radius 3 is 2.47 bits per heavy atom. The van der Waals surface area contributed by atoms with Crippen molar-refractivity contribution in [3.63, 3.8) is 0 Å². The molecule has 3 rings (SSSR count). The molecule has 0 fully saturated rings. The minimum atomic E-state index is 0.103. The average molecular weight is 251 g/mol. The van der Waals surface area contributed by atoms with Crippen molar-refractivity contribution in [3.8, 4) is 0 Å². The van der Waals surface area contributed by atoms with E-state index in [9.17, 15) is 0 Å². The zero-order valence-corrected chi connectivity index (χ0v) is 10.5. The van der Waals surface area contributed by atoms with Crippen LogP contribution in [0.3, 0.4) is 0 Å². The molecule has 1 N–H and O–H groups in total. The molecule has 0 aliphatic heterocycles. The first-order valence-electron chi connectivity index (χ1n) is 6.09. The molecule has 5 heteroatoms. The van der Waals surface area contributed by atoms with Crippen LogP contribution in [0.1, 0.15) is 18.5 Å². The van der Waals surface area contributed by atoms with E-state index < -0.39 is 0 Å². The number of anilines is 1. The van der Waals surface area contributed by atoms with E-state index in [1.807, 2.05) is 43.3 Å². The van der Waals surface area contributed by atoms with Gasteiger partial charge in [0.15, 0.2) is 0 Å². The van der Waals surface area contributed by atoms with E-state index >= 15 is 0 Å². The topological polar surface area (TPSA) is 63.6 Å². The van der Waals surface area contributed by atoms with E-state index in [4.69, 9.17) is 0 Å². The molecule has 0 radical (unpaired) electrons. The summed E-state index contributed by atoms with van der Waals surface area (Å²) in [5.41, 5.74) is 2.76. The van der Waals surface area contributed by atoms with E-state index in [0.717, 1.165) is 16.6 Å². The van der Waals surface area contributed by atoms with Crippen molar-refractivity contribution < 1.29 is 0 Å². The smallest absolute Gasteiger partial charge is 0.243 e. The number of para-hydroxylation sites is 1. The largest absolute Gasteiger partial charge is 0.346 e. The van der Waals surface area contributed by atoms with E-state index in [1.54, 1.807) is 12.4 Å². The highest BCUT2D eigenvalue weighted by Gasteiger charge is 2.07. The van der Waals surface area contributed by atoms with Crippen molar-refractivity contribution in [3.05, 3.63) is 54.4 Å². The molecule has 0 aliphatic carbocycles. The van der Waals surface area contributed by atoms with Crippen molar-refractivity contribution in [2.75, 3.05) is 5.32 Å². The van der Waals surface area contributed by atoms with Gasteiger partial charge in [-0.05, 0) is 36.8 Å². The van der Waals surface area contributed by atoms with Crippen LogP contribution in [0.5, 0.6) is 0 Å². The minimum Gasteiger partial charge on any atom is -0.346 e. The first-order valence-corrected chi connectivity index (χ1v) is 6.09. The Hall–Kier alpha value is -2.56. The number of aromatic nitrogens is 4. The zero-order valence-electron chi connectivity index (χ0n) is 10.5. The number of hydrogen-bond acceptors (Lipinski definition) is 5. The lowest BCUT2D eigenvalue weighted by Crippen LogP contribution is -2.10. The molecular weight excluding hydrogens is 238 g/mol. The molecule has 1 atom stereocenters. The third-order valence-electron chi connectivity index (χ3n) is 2.91. The van der Waals surface area contributed by atoms with Crippen LogP contribution in [0.4, 0.5) is 5.95 Å². The van der Waals surface area contributed by atoms with Gasteiger partial charge >= 0.3 is 0 Å². The first kappa shape index (κ1) is 11.5. The lowest BCUT2D eigenvalue weighted by atomic mass is 10.1. The molecule has 1 unspecified atom stereocenters. The van der Waals surface area contributed by atoms with Gasteiger partial charge in [-0.2, -0.15) is 0 Å². The SMILES string of the molecule is CC(Nc1nnc2ccccc2n1)c1ccncc1. The molecule has 3 aromatic rings. The third-order valence-corrected chi connectivity index (χ3v) is 2.91. The lowest BCUT2D eigenvalue weighted by Gasteiger charge is -2.13. The molecule has 0 spiro atoms. The summed E-state index contributed by atoms with van der Waals surface area (Å²) in [5.74, 6) is 0.531. The Labute approximate surface area is 110 Å². The van der Waals surface area contributed by atoms with Crippen molar-refractivity contribution in [1.29, 1.82) is 0 Å². The van der Waals surface area contributed by atoms with Crippen LogP contribution in [-0.4, -0.2) is 20.2 Å². The number of nitrogens with one attached hydrogen (secondary N) is 1. The number of nitrogens with zero attached hydrogens (tertiary/aromatic N) is 4. The maximum atomic E-state index is 4.44. The highest BCUT2D eigenvalue weighted by Crippen LogP contribution is 2.16. The number of fused-ring (bicyclic) bond motifs is 1. The van der Waals surface area contributed by atoms with E-state index in [1.165, 1.54) is 0 Å². The second-order valence-corrected chi connectivity index (χ2v) is 4.27. The number of benzene rings is 1. The Morgan fingerprint density at radius 2 is 1.68 bits per heavy atom. The summed E-state index contributed by atoms with van der Waals surface area (Å²) in [6.07, 6.45) is 3.54. The summed E-state index contributed by atoms with van der Waals surface area (Å²) >= 11 is 0. The van der Waals surface area contributed by atoms with Crippen LogP contribution >= 0.6 is 0 Å². The van der Waals surface area contributed by atoms with Crippen LogP contribution in [-0.2, 0) is 0 Å². The van der Waals surface area contributed by atoms with Gasteiger partial charge in [0.25, 0.3) is 0 Å². The number of rotatable bonds is 3. The summed E-state index contributed by atoms with van der Waals surface area (Å²) < 4.78 is 0. The molecule has 19 heavy (non-hydrogen) atoms. The van der Waals surface area contributed by atoms with Gasteiger partial charge in [0, 0.05) is 12.4 Å². The van der Waals surface area contributed by atoms with Crippen LogP contribution in [0.25, 0.3) is 11.0 Å². The van der Waals surface area contributed by atoms with E-state index in [0.29, 0.717) is 5.95 Å². The normalized spacial score (nSPS) is 12.3. The quantitative estimate of drug-likeness (QED) is 0.775. The fourth-order valence-electron chi connectivity index (χ4n) is 1.87. The zero-order chi connectivity index (χ0) is 13.1. The first-order chi connectivity index (χ1) is 9.33. The third kappa shape index (κ3) is 2.49. The van der Waals surface area contributed by atoms with Gasteiger partial charge in [-0.3, -0.25) is 4.98 Å². The van der Waals surface area contributed by atoms with Crippen LogP contribution < -0.4 is 5.32 Å². The predicted octanol–water partition coefficient (Wildman–Crippen LogP) is 2.59. The number of hydrogen-bond donors (Lipinski definition) is 1. The van der Waals surface area contributed by atoms with Gasteiger partial charge < -0.3 is 5.32 Å². The van der Waals surface area contributed by atoms with Crippen LogP contribution in [0, 0.1) is 0 Å². The Kier molecular flexibility index (Phi) is 3.02. The monoisotopic (exact) mass is 251 g/mol. The van der Waals surface area contributed by atoms with Crippen LogP contribution in [0.2, 0.25) is 0 Å². The Bertz CT molecular complexity index is 683. The number of pyridine rings is 1. The highest BCUT2D eigenvalue weighted by atomic mass is 15.2. The molecule has 0 amide bonds. The minimum absolute atomic E-state index is 0.103. The summed E-state index contributed by atoms with van der Waals surface area (Å²) in [7, 11) is 0. The van der Waals surface area contributed by atoms with Gasteiger partial charge in [0.2, 0.25) is 5.95 Å². The van der Waals surface area contributed by atoms with Gasteiger partial charge in [-0.15, -0.1) is 10.2 Å². The second-order valence-electron chi connectivity index (χ2n) is 4.27. The molecule has 0 aliphatic rings. The standard InChI is InChI=1S/C14H13N5/c1-10(11-6-8-15-9-7-11)16-14-17-12-4-2-3-5-13(12)18-19-14/h2-10H,1H3,(H,16,17,19). The molecule has 0 saturated heterocycles. The van der Waals surface area contributed by atoms with E-state index in [-0.39, 0.29) is 6.04 Å². The Morgan fingerprint density at radius 1 is 0.947 bits per heavy atom. The van der Waals surface area contributed by atoms with E-state index in [2.05, 4.69) is 25.5 Å². The van der Waals surface area contributed by atoms with Gasteiger partial charge in [0.05, 0.1) is 11.6 Å². The average Bonchev–Trinajstić information content (AvgIpc) is 2.48. The molecule has 94 valence electrons. The molecule has 5 nitrogen and oxygen atoms in total. The van der Waals surface area contributed by atoms with Crippen molar-refractivity contribution >= 4 is 17.0 Å². The lowest BCUT2D eigenvalue weighted by molar-refractivity contribution is 0.846. The molecular formula is C14H13N5. The molecule has 2 aromatic heterocycles. The van der Waals surface area contributed by atoms with Crippen LogP contribution in [0.15, 0.2) is 48.8 Å². The summed E-state index contributed by atoms with van der Waals surface area (Å²) in [6, 6.07) is 11.7. The molecule has 1 aromatic carbocycles. The maximum absolute atomic E-state index is 4.44. The second kappa shape index (κ2) is 4.97.